The van der Waals surface area contributed by atoms with Crippen molar-refractivity contribution in [3.05, 3.63) is 28.2 Å². The normalized spacial score (nSPS) is 28.7. The van der Waals surface area contributed by atoms with Crippen LogP contribution in [0, 0.1) is 17.8 Å². The monoisotopic (exact) mass is 430 g/mol. The minimum Gasteiger partial charge on any atom is -0.340 e. The number of benzene rings is 1. The first-order valence-electron chi connectivity index (χ1n) is 9.58. The van der Waals surface area contributed by atoms with Crippen molar-refractivity contribution >= 4 is 39.1 Å². The van der Waals surface area contributed by atoms with Crippen LogP contribution in [0.3, 0.4) is 0 Å². The molecule has 0 aromatic heterocycles. The molecule has 2 aliphatic carbocycles. The van der Waals surface area contributed by atoms with E-state index in [2.05, 4.69) is 0 Å². The van der Waals surface area contributed by atoms with E-state index in [1.807, 2.05) is 4.90 Å². The van der Waals surface area contributed by atoms with E-state index < -0.39 is 10.0 Å². The molecule has 148 valence electrons. The zero-order valence-electron chi connectivity index (χ0n) is 15.1. The number of sulfonamides is 1. The lowest BCUT2D eigenvalue weighted by molar-refractivity contribution is -0.133. The molecule has 1 aromatic carbocycles. The number of halogens is 2. The molecule has 4 rings (SSSR count). The van der Waals surface area contributed by atoms with Gasteiger partial charge in [-0.25, -0.2) is 8.42 Å². The summed E-state index contributed by atoms with van der Waals surface area (Å²) in [6.07, 6.45) is 5.71. The number of hydrogen-bond donors (Lipinski definition) is 0. The lowest BCUT2D eigenvalue weighted by Crippen LogP contribution is -2.50. The number of carbonyl (C=O) groups is 1. The zero-order chi connectivity index (χ0) is 19.2. The van der Waals surface area contributed by atoms with Gasteiger partial charge in [-0.05, 0) is 49.1 Å². The second-order valence-corrected chi connectivity index (χ2v) is 10.7. The molecule has 5 nitrogen and oxygen atoms in total. The van der Waals surface area contributed by atoms with Crippen molar-refractivity contribution in [2.75, 3.05) is 26.2 Å². The smallest absolute Gasteiger partial charge is 0.244 e. The third-order valence-electron chi connectivity index (χ3n) is 6.45. The fourth-order valence-electron chi connectivity index (χ4n) is 4.98. The highest BCUT2D eigenvalue weighted by atomic mass is 35.5. The van der Waals surface area contributed by atoms with Crippen molar-refractivity contribution in [3.8, 4) is 0 Å². The Morgan fingerprint density at radius 1 is 1.07 bits per heavy atom. The molecule has 3 atom stereocenters. The topological polar surface area (TPSA) is 57.7 Å². The van der Waals surface area contributed by atoms with Gasteiger partial charge in [0.05, 0.1) is 10.0 Å². The third-order valence-corrected chi connectivity index (χ3v) is 9.32. The van der Waals surface area contributed by atoms with E-state index in [4.69, 9.17) is 23.2 Å². The zero-order valence-corrected chi connectivity index (χ0v) is 17.4. The van der Waals surface area contributed by atoms with Crippen LogP contribution in [0.4, 0.5) is 0 Å². The van der Waals surface area contributed by atoms with Gasteiger partial charge in [0, 0.05) is 32.6 Å². The van der Waals surface area contributed by atoms with E-state index in [0.29, 0.717) is 25.4 Å². The number of piperazine rings is 1. The van der Waals surface area contributed by atoms with E-state index in [0.717, 1.165) is 11.8 Å². The summed E-state index contributed by atoms with van der Waals surface area (Å²) < 4.78 is 27.2. The van der Waals surface area contributed by atoms with Gasteiger partial charge in [0.2, 0.25) is 15.9 Å². The van der Waals surface area contributed by atoms with Crippen LogP contribution in [0.5, 0.6) is 0 Å². The van der Waals surface area contributed by atoms with Crippen molar-refractivity contribution in [2.24, 2.45) is 17.8 Å². The van der Waals surface area contributed by atoms with Gasteiger partial charge in [-0.2, -0.15) is 4.31 Å². The van der Waals surface area contributed by atoms with Crippen LogP contribution in [-0.4, -0.2) is 49.7 Å². The van der Waals surface area contributed by atoms with E-state index in [1.54, 1.807) is 12.1 Å². The summed E-state index contributed by atoms with van der Waals surface area (Å²) in [5, 5.41) is 0.270. The summed E-state index contributed by atoms with van der Waals surface area (Å²) >= 11 is 12.1. The Hall–Kier alpha value is -0.820. The molecule has 3 aliphatic rings. The molecule has 27 heavy (non-hydrogen) atoms. The van der Waals surface area contributed by atoms with Crippen molar-refractivity contribution in [1.82, 2.24) is 9.21 Å². The maximum absolute atomic E-state index is 12.9. The summed E-state index contributed by atoms with van der Waals surface area (Å²) in [4.78, 5) is 14.5. The van der Waals surface area contributed by atoms with Gasteiger partial charge in [0.15, 0.2) is 0 Å². The van der Waals surface area contributed by atoms with Crippen molar-refractivity contribution in [2.45, 2.75) is 37.0 Å². The molecule has 3 unspecified atom stereocenters. The van der Waals surface area contributed by atoms with Gasteiger partial charge < -0.3 is 4.90 Å². The molecule has 2 saturated carbocycles. The maximum Gasteiger partial charge on any atom is 0.244 e. The number of amides is 1. The van der Waals surface area contributed by atoms with Crippen LogP contribution < -0.4 is 0 Å². The number of carbonyl (C=O) groups excluding carboxylic acids is 1. The summed E-state index contributed by atoms with van der Waals surface area (Å²) in [6, 6.07) is 4.61. The molecular formula is C19H24Cl2N2O3S. The molecule has 1 heterocycles. The average Bonchev–Trinajstić information content (AvgIpc) is 3.27. The first-order chi connectivity index (χ1) is 12.9. The van der Waals surface area contributed by atoms with Crippen LogP contribution in [0.2, 0.25) is 10.0 Å². The predicted molar refractivity (Wildman–Crippen MR) is 105 cm³/mol. The van der Waals surface area contributed by atoms with Crippen LogP contribution in [-0.2, 0) is 14.8 Å². The summed E-state index contributed by atoms with van der Waals surface area (Å²) in [5.74, 6) is 2.26. The molecule has 1 amide bonds. The molecule has 0 N–H and O–H groups in total. The third kappa shape index (κ3) is 3.74. The molecule has 0 radical (unpaired) electrons. The first-order valence-corrected chi connectivity index (χ1v) is 11.8. The van der Waals surface area contributed by atoms with Crippen molar-refractivity contribution < 1.29 is 13.2 Å². The van der Waals surface area contributed by atoms with Gasteiger partial charge in [-0.3, -0.25) is 4.79 Å². The Kier molecular flexibility index (Phi) is 5.45. The molecule has 1 saturated heterocycles. The van der Waals surface area contributed by atoms with Crippen LogP contribution in [0.1, 0.15) is 32.1 Å². The SMILES string of the molecule is O=C(CC1CC2CCC1C2)N1CCN(S(=O)(=O)c2cccc(Cl)c2Cl)CC1. The Morgan fingerprint density at radius 3 is 2.44 bits per heavy atom. The van der Waals surface area contributed by atoms with E-state index >= 15 is 0 Å². The molecule has 1 aliphatic heterocycles. The standard InChI is InChI=1S/C19H24Cl2N2O3S/c20-16-2-1-3-17(19(16)21)27(25,26)23-8-6-22(7-9-23)18(24)12-15-11-13-4-5-14(15)10-13/h1-3,13-15H,4-12H2. The van der Waals surface area contributed by atoms with Crippen molar-refractivity contribution in [3.63, 3.8) is 0 Å². The van der Waals surface area contributed by atoms with E-state index in [9.17, 15) is 13.2 Å². The lowest BCUT2D eigenvalue weighted by Gasteiger charge is -2.35. The number of hydrogen-bond acceptors (Lipinski definition) is 3. The van der Waals surface area contributed by atoms with Gasteiger partial charge >= 0.3 is 0 Å². The maximum atomic E-state index is 12.9. The van der Waals surface area contributed by atoms with Gasteiger partial charge in [-0.15, -0.1) is 0 Å². The Morgan fingerprint density at radius 2 is 1.81 bits per heavy atom. The number of fused-ring (bicyclic) bond motifs is 2. The molecule has 0 spiro atoms. The first kappa shape index (κ1) is 19.5. The predicted octanol–water partition coefficient (Wildman–Crippen LogP) is 3.65. The molecule has 3 fully saturated rings. The fraction of sp³-hybridized carbons (Fsp3) is 0.632. The highest BCUT2D eigenvalue weighted by Crippen LogP contribution is 2.49. The second kappa shape index (κ2) is 7.54. The fourth-order valence-corrected chi connectivity index (χ4v) is 7.14. The molecule has 8 heteroatoms. The van der Waals surface area contributed by atoms with Crippen molar-refractivity contribution in [1.29, 1.82) is 0 Å². The highest BCUT2D eigenvalue weighted by molar-refractivity contribution is 7.89. The molecule has 1 aromatic rings. The van der Waals surface area contributed by atoms with Gasteiger partial charge in [0.25, 0.3) is 0 Å². The Balaban J connectivity index is 1.37. The Labute approximate surface area is 170 Å². The number of nitrogens with zero attached hydrogens (tertiary/aromatic N) is 2. The van der Waals surface area contributed by atoms with E-state index in [-0.39, 0.29) is 33.9 Å². The summed E-state index contributed by atoms with van der Waals surface area (Å²) in [7, 11) is -3.71. The minimum absolute atomic E-state index is 0.0263. The van der Waals surface area contributed by atoms with Crippen LogP contribution >= 0.6 is 23.2 Å². The average molecular weight is 431 g/mol. The van der Waals surface area contributed by atoms with Crippen LogP contribution in [0.25, 0.3) is 0 Å². The second-order valence-electron chi connectivity index (χ2n) is 7.98. The Bertz CT molecular complexity index is 837. The van der Waals surface area contributed by atoms with Gasteiger partial charge in [0.1, 0.15) is 4.90 Å². The molecular weight excluding hydrogens is 407 g/mol. The van der Waals surface area contributed by atoms with E-state index in [1.165, 1.54) is 36.1 Å². The largest absolute Gasteiger partial charge is 0.340 e. The quantitative estimate of drug-likeness (QED) is 0.731. The molecule has 2 bridgehead atoms. The lowest BCUT2D eigenvalue weighted by atomic mass is 9.86. The summed E-state index contributed by atoms with van der Waals surface area (Å²) in [5.41, 5.74) is 0. The van der Waals surface area contributed by atoms with Crippen LogP contribution in [0.15, 0.2) is 23.1 Å². The van der Waals surface area contributed by atoms with Gasteiger partial charge in [-0.1, -0.05) is 35.7 Å². The number of rotatable bonds is 4. The minimum atomic E-state index is -3.71. The summed E-state index contributed by atoms with van der Waals surface area (Å²) in [6.45, 7) is 1.43. The highest BCUT2D eigenvalue weighted by Gasteiger charge is 2.41.